The molecule has 2 aromatic rings. The fourth-order valence-corrected chi connectivity index (χ4v) is 2.70. The van der Waals surface area contributed by atoms with Gasteiger partial charge >= 0.3 is 0 Å². The van der Waals surface area contributed by atoms with Crippen LogP contribution in [-0.2, 0) is 5.60 Å². The van der Waals surface area contributed by atoms with Crippen molar-refractivity contribution in [2.45, 2.75) is 19.4 Å². The molecule has 1 aromatic heterocycles. The molecule has 0 unspecified atom stereocenters. The van der Waals surface area contributed by atoms with Crippen molar-refractivity contribution in [1.29, 1.82) is 0 Å². The van der Waals surface area contributed by atoms with Gasteiger partial charge in [-0.25, -0.2) is 4.98 Å². The van der Waals surface area contributed by atoms with Crippen molar-refractivity contribution in [3.63, 3.8) is 0 Å². The fraction of sp³-hybridized carbons (Fsp3) is 0.308. The molecule has 1 aliphatic rings. The zero-order chi connectivity index (χ0) is 12.8. The molecule has 0 saturated carbocycles. The van der Waals surface area contributed by atoms with E-state index in [4.69, 9.17) is 9.47 Å². The van der Waals surface area contributed by atoms with Gasteiger partial charge in [0.25, 0.3) is 0 Å². The van der Waals surface area contributed by atoms with Crippen LogP contribution >= 0.6 is 11.3 Å². The molecule has 0 radical (unpaired) electrons. The SMILES string of the molecule is CC(C)(O)c1csc(-c2ccc3c(c2)OCO3)n1. The third-order valence-corrected chi connectivity index (χ3v) is 3.64. The Bertz CT molecular complexity index is 586. The summed E-state index contributed by atoms with van der Waals surface area (Å²) in [5, 5.41) is 12.6. The van der Waals surface area contributed by atoms with E-state index in [9.17, 15) is 5.11 Å². The maximum atomic E-state index is 9.90. The highest BCUT2D eigenvalue weighted by atomic mass is 32.1. The van der Waals surface area contributed by atoms with Gasteiger partial charge < -0.3 is 14.6 Å². The molecule has 4 nitrogen and oxygen atoms in total. The second kappa shape index (κ2) is 3.96. The summed E-state index contributed by atoms with van der Waals surface area (Å²) in [5.74, 6) is 1.51. The number of rotatable bonds is 2. The van der Waals surface area contributed by atoms with Gasteiger partial charge in [-0.2, -0.15) is 0 Å². The minimum atomic E-state index is -0.912. The predicted molar refractivity (Wildman–Crippen MR) is 68.9 cm³/mol. The summed E-state index contributed by atoms with van der Waals surface area (Å²) < 4.78 is 10.6. The lowest BCUT2D eigenvalue weighted by Gasteiger charge is -2.12. The number of fused-ring (bicyclic) bond motifs is 1. The Morgan fingerprint density at radius 2 is 2.06 bits per heavy atom. The van der Waals surface area contributed by atoms with Crippen LogP contribution in [0.25, 0.3) is 10.6 Å². The van der Waals surface area contributed by atoms with Crippen LogP contribution in [0.3, 0.4) is 0 Å². The van der Waals surface area contributed by atoms with Crippen LogP contribution in [-0.4, -0.2) is 16.9 Å². The third-order valence-electron chi connectivity index (χ3n) is 2.75. The monoisotopic (exact) mass is 263 g/mol. The van der Waals surface area contributed by atoms with Crippen molar-refractivity contribution in [2.24, 2.45) is 0 Å². The van der Waals surface area contributed by atoms with Gasteiger partial charge in [-0.15, -0.1) is 11.3 Å². The summed E-state index contributed by atoms with van der Waals surface area (Å²) in [6, 6.07) is 5.73. The molecule has 0 fully saturated rings. The topological polar surface area (TPSA) is 51.6 Å². The highest BCUT2D eigenvalue weighted by molar-refractivity contribution is 7.13. The molecule has 0 bridgehead atoms. The van der Waals surface area contributed by atoms with E-state index in [0.717, 1.165) is 22.1 Å². The molecule has 1 aromatic carbocycles. The smallest absolute Gasteiger partial charge is 0.231 e. The second-order valence-electron chi connectivity index (χ2n) is 4.66. The molecule has 5 heteroatoms. The van der Waals surface area contributed by atoms with Crippen LogP contribution in [0.1, 0.15) is 19.5 Å². The lowest BCUT2D eigenvalue weighted by molar-refractivity contribution is 0.0746. The molecule has 2 heterocycles. The number of aliphatic hydroxyl groups is 1. The number of aromatic nitrogens is 1. The van der Waals surface area contributed by atoms with Gasteiger partial charge in [-0.1, -0.05) is 0 Å². The number of ether oxygens (including phenoxy) is 2. The van der Waals surface area contributed by atoms with E-state index in [0.29, 0.717) is 5.69 Å². The first-order chi connectivity index (χ1) is 8.54. The molecule has 0 atom stereocenters. The summed E-state index contributed by atoms with van der Waals surface area (Å²) in [6.07, 6.45) is 0. The average molecular weight is 263 g/mol. The molecule has 0 aliphatic carbocycles. The van der Waals surface area contributed by atoms with E-state index >= 15 is 0 Å². The number of hydrogen-bond acceptors (Lipinski definition) is 5. The quantitative estimate of drug-likeness (QED) is 0.905. The molecule has 94 valence electrons. The van der Waals surface area contributed by atoms with Crippen LogP contribution in [0.2, 0.25) is 0 Å². The van der Waals surface area contributed by atoms with E-state index in [2.05, 4.69) is 4.98 Å². The highest BCUT2D eigenvalue weighted by Crippen LogP contribution is 2.37. The largest absolute Gasteiger partial charge is 0.454 e. The van der Waals surface area contributed by atoms with Crippen molar-refractivity contribution in [1.82, 2.24) is 4.98 Å². The Morgan fingerprint density at radius 3 is 2.78 bits per heavy atom. The molecule has 1 N–H and O–H groups in total. The van der Waals surface area contributed by atoms with Gasteiger partial charge in [-0.05, 0) is 32.0 Å². The van der Waals surface area contributed by atoms with Crippen LogP contribution in [0, 0.1) is 0 Å². The van der Waals surface area contributed by atoms with E-state index in [1.54, 1.807) is 13.8 Å². The first-order valence-corrected chi connectivity index (χ1v) is 6.50. The lowest BCUT2D eigenvalue weighted by Crippen LogP contribution is -2.15. The molecule has 0 saturated heterocycles. The number of thiazole rings is 1. The van der Waals surface area contributed by atoms with Gasteiger partial charge in [0.1, 0.15) is 10.6 Å². The predicted octanol–water partition coefficient (Wildman–Crippen LogP) is 2.77. The van der Waals surface area contributed by atoms with Gasteiger partial charge in [-0.3, -0.25) is 0 Å². The molecular weight excluding hydrogens is 250 g/mol. The van der Waals surface area contributed by atoms with Crippen molar-refractivity contribution in [3.8, 4) is 22.1 Å². The van der Waals surface area contributed by atoms with Crippen LogP contribution in [0.15, 0.2) is 23.6 Å². The minimum absolute atomic E-state index is 0.269. The fourth-order valence-electron chi connectivity index (χ4n) is 1.72. The number of benzene rings is 1. The summed E-state index contributed by atoms with van der Waals surface area (Å²) in [6.45, 7) is 3.72. The van der Waals surface area contributed by atoms with Crippen molar-refractivity contribution in [2.75, 3.05) is 6.79 Å². The zero-order valence-corrected chi connectivity index (χ0v) is 11.0. The van der Waals surface area contributed by atoms with E-state index in [-0.39, 0.29) is 6.79 Å². The van der Waals surface area contributed by atoms with E-state index in [1.165, 1.54) is 11.3 Å². The zero-order valence-electron chi connectivity index (χ0n) is 10.1. The third kappa shape index (κ3) is 1.95. The molecule has 3 rings (SSSR count). The number of nitrogens with zero attached hydrogens (tertiary/aromatic N) is 1. The van der Waals surface area contributed by atoms with Crippen molar-refractivity contribution < 1.29 is 14.6 Å². The summed E-state index contributed by atoms with van der Waals surface area (Å²) in [5.41, 5.74) is 0.741. The maximum absolute atomic E-state index is 9.90. The van der Waals surface area contributed by atoms with Crippen LogP contribution < -0.4 is 9.47 Å². The minimum Gasteiger partial charge on any atom is -0.454 e. The van der Waals surface area contributed by atoms with Gasteiger partial charge in [0, 0.05) is 10.9 Å². The molecule has 1 aliphatic heterocycles. The Kier molecular flexibility index (Phi) is 2.53. The molecule has 0 spiro atoms. The Balaban J connectivity index is 1.98. The molecule has 0 amide bonds. The summed E-state index contributed by atoms with van der Waals surface area (Å²) >= 11 is 1.51. The van der Waals surface area contributed by atoms with Crippen LogP contribution in [0.5, 0.6) is 11.5 Å². The average Bonchev–Trinajstić information content (AvgIpc) is 2.96. The molecule has 18 heavy (non-hydrogen) atoms. The van der Waals surface area contributed by atoms with Gasteiger partial charge in [0.15, 0.2) is 11.5 Å². The number of hydrogen-bond donors (Lipinski definition) is 1. The standard InChI is InChI=1S/C13H13NO3S/c1-13(2,15)11-6-18-12(14-11)8-3-4-9-10(5-8)17-7-16-9/h3-6,15H,7H2,1-2H3. The molecular formula is C13H13NO3S. The first-order valence-electron chi connectivity index (χ1n) is 5.62. The lowest BCUT2D eigenvalue weighted by atomic mass is 10.1. The maximum Gasteiger partial charge on any atom is 0.231 e. The van der Waals surface area contributed by atoms with E-state index < -0.39 is 5.60 Å². The van der Waals surface area contributed by atoms with Gasteiger partial charge in [0.05, 0.1) is 5.69 Å². The normalized spacial score (nSPS) is 13.9. The van der Waals surface area contributed by atoms with Crippen molar-refractivity contribution >= 4 is 11.3 Å². The van der Waals surface area contributed by atoms with Crippen LogP contribution in [0.4, 0.5) is 0 Å². The van der Waals surface area contributed by atoms with Gasteiger partial charge in [0.2, 0.25) is 6.79 Å². The van der Waals surface area contributed by atoms with E-state index in [1.807, 2.05) is 23.6 Å². The summed E-state index contributed by atoms with van der Waals surface area (Å²) in [7, 11) is 0. The second-order valence-corrected chi connectivity index (χ2v) is 5.52. The Hall–Kier alpha value is -1.59. The Labute approximate surface area is 109 Å². The highest BCUT2D eigenvalue weighted by Gasteiger charge is 2.21. The Morgan fingerprint density at radius 1 is 1.28 bits per heavy atom. The first kappa shape index (κ1) is 11.5. The summed E-state index contributed by atoms with van der Waals surface area (Å²) in [4.78, 5) is 4.45. The van der Waals surface area contributed by atoms with Crippen molar-refractivity contribution in [3.05, 3.63) is 29.3 Å².